The first kappa shape index (κ1) is 22.5. The van der Waals surface area contributed by atoms with E-state index in [4.69, 9.17) is 5.10 Å². The summed E-state index contributed by atoms with van der Waals surface area (Å²) in [7, 11) is 0. The molecule has 4 aromatic rings. The molecule has 1 aliphatic rings. The first-order valence-electron chi connectivity index (χ1n) is 11.4. The van der Waals surface area contributed by atoms with Crippen molar-refractivity contribution in [1.29, 1.82) is 0 Å². The maximum absolute atomic E-state index is 13.5. The number of nitrogens with zero attached hydrogens (tertiary/aromatic N) is 4. The predicted octanol–water partition coefficient (Wildman–Crippen LogP) is 5.32. The average Bonchev–Trinajstić information content (AvgIpc) is 3.63. The molecule has 3 aromatic carbocycles. The molecule has 0 N–H and O–H groups in total. The number of nitro groups is 1. The Hall–Kier alpha value is -4.33. The monoisotopic (exact) mass is 470 g/mol. The van der Waals surface area contributed by atoms with Crippen LogP contribution in [0.3, 0.4) is 0 Å². The second-order valence-electron chi connectivity index (χ2n) is 8.64. The van der Waals surface area contributed by atoms with Crippen LogP contribution < -0.4 is 0 Å². The first-order chi connectivity index (χ1) is 17.0. The summed E-state index contributed by atoms with van der Waals surface area (Å²) in [5, 5.41) is 15.8. The van der Waals surface area contributed by atoms with E-state index in [1.165, 1.54) is 24.3 Å². The number of para-hydroxylation sites is 1. The second kappa shape index (κ2) is 9.50. The van der Waals surface area contributed by atoms with Gasteiger partial charge in [0, 0.05) is 42.0 Å². The number of non-ortho nitro benzene ring substituents is 1. The third-order valence-corrected chi connectivity index (χ3v) is 6.08. The average molecular weight is 471 g/mol. The van der Waals surface area contributed by atoms with Gasteiger partial charge in [0.25, 0.3) is 5.69 Å². The van der Waals surface area contributed by atoms with Crippen molar-refractivity contribution in [2.24, 2.45) is 0 Å². The van der Waals surface area contributed by atoms with Crippen LogP contribution in [0, 0.1) is 15.9 Å². The molecule has 35 heavy (non-hydrogen) atoms. The van der Waals surface area contributed by atoms with Gasteiger partial charge in [-0.3, -0.25) is 14.9 Å². The molecule has 0 radical (unpaired) electrons. The number of benzene rings is 3. The molecule has 0 atom stereocenters. The van der Waals surface area contributed by atoms with E-state index in [1.807, 2.05) is 41.4 Å². The number of halogens is 1. The van der Waals surface area contributed by atoms with Gasteiger partial charge >= 0.3 is 0 Å². The summed E-state index contributed by atoms with van der Waals surface area (Å²) in [6.07, 6.45) is 3.88. The van der Waals surface area contributed by atoms with Gasteiger partial charge in [0.15, 0.2) is 0 Å². The summed E-state index contributed by atoms with van der Waals surface area (Å²) in [4.78, 5) is 26.0. The summed E-state index contributed by atoms with van der Waals surface area (Å²) < 4.78 is 15.1. The molecule has 0 unspecified atom stereocenters. The number of aromatic nitrogens is 2. The maximum Gasteiger partial charge on any atom is 0.269 e. The third-order valence-electron chi connectivity index (χ3n) is 6.08. The van der Waals surface area contributed by atoms with Gasteiger partial charge < -0.3 is 4.90 Å². The zero-order valence-electron chi connectivity index (χ0n) is 18.9. The van der Waals surface area contributed by atoms with Crippen LogP contribution in [-0.4, -0.2) is 31.6 Å². The van der Waals surface area contributed by atoms with Crippen molar-refractivity contribution in [3.05, 3.63) is 112 Å². The van der Waals surface area contributed by atoms with Crippen LogP contribution in [-0.2, 0) is 17.8 Å². The van der Waals surface area contributed by atoms with E-state index in [2.05, 4.69) is 0 Å². The van der Waals surface area contributed by atoms with Crippen LogP contribution in [0.4, 0.5) is 10.1 Å². The van der Waals surface area contributed by atoms with E-state index in [9.17, 15) is 19.3 Å². The predicted molar refractivity (Wildman–Crippen MR) is 129 cm³/mol. The molecule has 1 saturated carbocycles. The number of rotatable bonds is 8. The fourth-order valence-electron chi connectivity index (χ4n) is 4.09. The van der Waals surface area contributed by atoms with E-state index in [-0.39, 0.29) is 29.9 Å². The lowest BCUT2D eigenvalue weighted by atomic mass is 10.0. The molecule has 0 spiro atoms. The lowest BCUT2D eigenvalue weighted by Crippen LogP contribution is -2.33. The zero-order valence-corrected chi connectivity index (χ0v) is 18.9. The minimum absolute atomic E-state index is 0.00641. The Kier molecular flexibility index (Phi) is 6.10. The van der Waals surface area contributed by atoms with Crippen LogP contribution in [0.5, 0.6) is 0 Å². The van der Waals surface area contributed by atoms with E-state index in [0.717, 1.165) is 29.7 Å². The van der Waals surface area contributed by atoms with Crippen molar-refractivity contribution in [3.63, 3.8) is 0 Å². The molecule has 176 valence electrons. The van der Waals surface area contributed by atoms with Crippen molar-refractivity contribution < 1.29 is 14.1 Å². The highest BCUT2D eigenvalue weighted by molar-refractivity contribution is 5.82. The lowest BCUT2D eigenvalue weighted by Gasteiger charge is -2.22. The zero-order chi connectivity index (χ0) is 24.4. The SMILES string of the molecule is O=C(Cc1cn(-c2ccccc2)nc1-c1ccc([N+](=O)[O-])cc1)N(Cc1ccc(F)cc1)C1CC1. The molecule has 0 bridgehead atoms. The van der Waals surface area contributed by atoms with Crippen LogP contribution in [0.25, 0.3) is 16.9 Å². The van der Waals surface area contributed by atoms with Gasteiger partial charge in [-0.2, -0.15) is 5.10 Å². The molecule has 1 heterocycles. The first-order valence-corrected chi connectivity index (χ1v) is 11.4. The Balaban J connectivity index is 1.46. The Labute approximate surface area is 201 Å². The summed E-state index contributed by atoms with van der Waals surface area (Å²) >= 11 is 0. The third kappa shape index (κ3) is 5.11. The Morgan fingerprint density at radius 1 is 1.03 bits per heavy atom. The molecule has 1 aliphatic carbocycles. The summed E-state index contributed by atoms with van der Waals surface area (Å²) in [6, 6.07) is 22.1. The lowest BCUT2D eigenvalue weighted by molar-refractivity contribution is -0.384. The van der Waals surface area contributed by atoms with E-state index >= 15 is 0 Å². The highest BCUT2D eigenvalue weighted by Gasteiger charge is 2.33. The van der Waals surface area contributed by atoms with Gasteiger partial charge in [-0.05, 0) is 54.8 Å². The Bertz CT molecular complexity index is 1350. The fourth-order valence-corrected chi connectivity index (χ4v) is 4.09. The molecule has 0 saturated heterocycles. The van der Waals surface area contributed by atoms with Gasteiger partial charge in [-0.25, -0.2) is 9.07 Å². The number of hydrogen-bond acceptors (Lipinski definition) is 4. The topological polar surface area (TPSA) is 81.3 Å². The van der Waals surface area contributed by atoms with Crippen LogP contribution in [0.1, 0.15) is 24.0 Å². The van der Waals surface area contributed by atoms with Gasteiger partial charge in [-0.15, -0.1) is 0 Å². The summed E-state index contributed by atoms with van der Waals surface area (Å²) in [5.74, 6) is -0.341. The number of hydrogen-bond donors (Lipinski definition) is 0. The van der Waals surface area contributed by atoms with Crippen molar-refractivity contribution >= 4 is 11.6 Å². The van der Waals surface area contributed by atoms with Crippen molar-refractivity contribution in [1.82, 2.24) is 14.7 Å². The Morgan fingerprint density at radius 2 is 1.71 bits per heavy atom. The number of carbonyl (C=O) groups is 1. The van der Waals surface area contributed by atoms with Crippen LogP contribution >= 0.6 is 0 Å². The van der Waals surface area contributed by atoms with Crippen LogP contribution in [0.15, 0.2) is 85.1 Å². The molecule has 7 nitrogen and oxygen atoms in total. The van der Waals surface area contributed by atoms with E-state index in [0.29, 0.717) is 17.8 Å². The molecular formula is C27H23FN4O3. The highest BCUT2D eigenvalue weighted by atomic mass is 19.1. The van der Waals surface area contributed by atoms with Crippen molar-refractivity contribution in [2.45, 2.75) is 31.8 Å². The molecule has 1 amide bonds. The molecule has 5 rings (SSSR count). The minimum atomic E-state index is -0.445. The van der Waals surface area contributed by atoms with Gasteiger partial charge in [0.05, 0.1) is 22.7 Å². The number of carbonyl (C=O) groups excluding carboxylic acids is 1. The molecule has 0 aliphatic heterocycles. The fraction of sp³-hybridized carbons (Fsp3) is 0.185. The summed E-state index contributed by atoms with van der Waals surface area (Å²) in [6.45, 7) is 0.420. The standard InChI is InChI=1S/C27H23FN4O3/c28-22-10-6-19(7-11-22)17-30(23-14-15-23)26(33)16-21-18-31(24-4-2-1-3-5-24)29-27(21)20-8-12-25(13-9-20)32(34)35/h1-13,18,23H,14-17H2. The number of nitro benzene ring substituents is 1. The highest BCUT2D eigenvalue weighted by Crippen LogP contribution is 2.31. The molecule has 1 aromatic heterocycles. The van der Waals surface area contributed by atoms with E-state index in [1.54, 1.807) is 28.9 Å². The van der Waals surface area contributed by atoms with Gasteiger partial charge in [-0.1, -0.05) is 30.3 Å². The quantitative estimate of drug-likeness (QED) is 0.258. The van der Waals surface area contributed by atoms with Gasteiger partial charge in [0.1, 0.15) is 5.82 Å². The van der Waals surface area contributed by atoms with Crippen molar-refractivity contribution in [3.8, 4) is 16.9 Å². The Morgan fingerprint density at radius 3 is 2.34 bits per heavy atom. The largest absolute Gasteiger partial charge is 0.335 e. The number of amides is 1. The maximum atomic E-state index is 13.5. The van der Waals surface area contributed by atoms with Gasteiger partial charge in [0.2, 0.25) is 5.91 Å². The van der Waals surface area contributed by atoms with Crippen LogP contribution in [0.2, 0.25) is 0 Å². The minimum Gasteiger partial charge on any atom is -0.335 e. The smallest absolute Gasteiger partial charge is 0.269 e. The molecule has 1 fully saturated rings. The van der Waals surface area contributed by atoms with Crippen molar-refractivity contribution in [2.75, 3.05) is 0 Å². The summed E-state index contributed by atoms with van der Waals surface area (Å²) in [5.41, 5.74) is 3.76. The second-order valence-corrected chi connectivity index (χ2v) is 8.64. The molecular weight excluding hydrogens is 447 g/mol. The normalized spacial score (nSPS) is 12.9. The van der Waals surface area contributed by atoms with E-state index < -0.39 is 4.92 Å². The molecule has 8 heteroatoms.